The molecule has 0 amide bonds. The molecule has 0 saturated heterocycles. The fourth-order valence-electron chi connectivity index (χ4n) is 1.80. The van der Waals surface area contributed by atoms with Crippen LogP contribution in [0.1, 0.15) is 5.76 Å². The first-order valence-corrected chi connectivity index (χ1v) is 6.73. The number of aromatic amines is 1. The van der Waals surface area contributed by atoms with E-state index in [0.717, 1.165) is 11.3 Å². The predicted octanol–water partition coefficient (Wildman–Crippen LogP) is 3.75. The SMILES string of the molecule is S=c1[nH]nc(-c2ccccc2)n1/N=C\C=C\c1ccco1. The van der Waals surface area contributed by atoms with Gasteiger partial charge in [0.05, 0.1) is 6.26 Å². The normalized spacial score (nSPS) is 11.6. The van der Waals surface area contributed by atoms with Gasteiger partial charge in [-0.25, -0.2) is 5.10 Å². The molecule has 0 saturated carbocycles. The van der Waals surface area contributed by atoms with E-state index in [4.69, 9.17) is 16.6 Å². The standard InChI is InChI=1S/C15H12N4OS/c21-15-18-17-14(12-6-2-1-3-7-12)19(15)16-10-4-8-13-9-5-11-20-13/h1-11H,(H,18,21)/b8-4+,16-10-. The van der Waals surface area contributed by atoms with Gasteiger partial charge in [-0.3, -0.25) is 0 Å². The van der Waals surface area contributed by atoms with E-state index in [1.807, 2.05) is 48.5 Å². The number of benzene rings is 1. The van der Waals surface area contributed by atoms with E-state index in [9.17, 15) is 0 Å². The maximum absolute atomic E-state index is 5.19. The molecule has 2 aromatic heterocycles. The summed E-state index contributed by atoms with van der Waals surface area (Å²) >= 11 is 5.19. The molecule has 5 nitrogen and oxygen atoms in total. The lowest BCUT2D eigenvalue weighted by atomic mass is 10.2. The van der Waals surface area contributed by atoms with Gasteiger partial charge in [0.1, 0.15) is 5.76 Å². The average molecular weight is 296 g/mol. The van der Waals surface area contributed by atoms with Gasteiger partial charge in [0.15, 0.2) is 5.82 Å². The molecule has 0 aliphatic rings. The zero-order valence-electron chi connectivity index (χ0n) is 11.0. The zero-order valence-corrected chi connectivity index (χ0v) is 11.8. The van der Waals surface area contributed by atoms with Crippen molar-refractivity contribution in [2.24, 2.45) is 5.10 Å². The zero-order chi connectivity index (χ0) is 14.5. The van der Waals surface area contributed by atoms with Crippen LogP contribution in [0, 0.1) is 4.77 Å². The van der Waals surface area contributed by atoms with Gasteiger partial charge in [-0.05, 0) is 36.5 Å². The first kappa shape index (κ1) is 13.3. The lowest BCUT2D eigenvalue weighted by molar-refractivity contribution is 0.557. The Balaban J connectivity index is 1.86. The van der Waals surface area contributed by atoms with Crippen molar-refractivity contribution in [2.45, 2.75) is 0 Å². The van der Waals surface area contributed by atoms with Crippen molar-refractivity contribution in [3.63, 3.8) is 0 Å². The van der Waals surface area contributed by atoms with Crippen LogP contribution in [0.3, 0.4) is 0 Å². The second kappa shape index (κ2) is 6.15. The summed E-state index contributed by atoms with van der Waals surface area (Å²) in [5, 5.41) is 11.3. The molecule has 0 fully saturated rings. The second-order valence-corrected chi connectivity index (χ2v) is 4.56. The molecule has 6 heteroatoms. The average Bonchev–Trinajstić information content (AvgIpc) is 3.15. The van der Waals surface area contributed by atoms with Crippen LogP contribution < -0.4 is 0 Å². The van der Waals surface area contributed by atoms with Gasteiger partial charge in [0.2, 0.25) is 4.77 Å². The summed E-state index contributed by atoms with van der Waals surface area (Å²) in [7, 11) is 0. The highest BCUT2D eigenvalue weighted by molar-refractivity contribution is 7.71. The van der Waals surface area contributed by atoms with Crippen LogP contribution in [0.2, 0.25) is 0 Å². The first-order valence-electron chi connectivity index (χ1n) is 6.32. The minimum atomic E-state index is 0.441. The van der Waals surface area contributed by atoms with E-state index in [-0.39, 0.29) is 0 Å². The van der Waals surface area contributed by atoms with Crippen LogP contribution in [0.5, 0.6) is 0 Å². The summed E-state index contributed by atoms with van der Waals surface area (Å²) in [4.78, 5) is 0. The molecule has 1 N–H and O–H groups in total. The largest absolute Gasteiger partial charge is 0.465 e. The number of H-pyrrole nitrogens is 1. The Morgan fingerprint density at radius 3 is 2.81 bits per heavy atom. The van der Waals surface area contributed by atoms with Gasteiger partial charge in [-0.2, -0.15) is 14.9 Å². The maximum Gasteiger partial charge on any atom is 0.216 e. The molecular formula is C15H12N4OS. The number of furan rings is 1. The molecule has 0 bridgehead atoms. The molecule has 3 rings (SSSR count). The topological polar surface area (TPSA) is 59.1 Å². The van der Waals surface area contributed by atoms with Crippen molar-refractivity contribution in [3.05, 3.63) is 65.3 Å². The molecule has 0 aliphatic carbocycles. The molecule has 0 spiro atoms. The van der Waals surface area contributed by atoms with E-state index in [1.165, 1.54) is 0 Å². The molecule has 2 heterocycles. The number of nitrogens with one attached hydrogen (secondary N) is 1. The van der Waals surface area contributed by atoms with Crippen LogP contribution in [0.4, 0.5) is 0 Å². The summed E-state index contributed by atoms with van der Waals surface area (Å²) in [6, 6.07) is 13.4. The quantitative estimate of drug-likeness (QED) is 0.589. The van der Waals surface area contributed by atoms with Crippen molar-refractivity contribution in [2.75, 3.05) is 0 Å². The van der Waals surface area contributed by atoms with Crippen LogP contribution in [0.15, 0.2) is 64.3 Å². The third-order valence-corrected chi connectivity index (χ3v) is 3.02. The Labute approximate surface area is 126 Å². The number of rotatable bonds is 4. The monoisotopic (exact) mass is 296 g/mol. The van der Waals surface area contributed by atoms with Crippen molar-refractivity contribution < 1.29 is 4.42 Å². The second-order valence-electron chi connectivity index (χ2n) is 4.17. The van der Waals surface area contributed by atoms with Gasteiger partial charge >= 0.3 is 0 Å². The van der Waals surface area contributed by atoms with E-state index in [1.54, 1.807) is 23.2 Å². The summed E-state index contributed by atoms with van der Waals surface area (Å²) < 4.78 is 7.21. The minimum Gasteiger partial charge on any atom is -0.465 e. The van der Waals surface area contributed by atoms with Crippen LogP contribution in [0.25, 0.3) is 17.5 Å². The highest BCUT2D eigenvalue weighted by Crippen LogP contribution is 2.16. The molecule has 21 heavy (non-hydrogen) atoms. The van der Waals surface area contributed by atoms with Crippen LogP contribution >= 0.6 is 12.2 Å². The Bertz CT molecular complexity index is 813. The van der Waals surface area contributed by atoms with E-state index >= 15 is 0 Å². The van der Waals surface area contributed by atoms with E-state index < -0.39 is 0 Å². The third-order valence-electron chi connectivity index (χ3n) is 2.75. The molecule has 3 aromatic rings. The predicted molar refractivity (Wildman–Crippen MR) is 84.5 cm³/mol. The number of hydrogen-bond donors (Lipinski definition) is 1. The number of allylic oxidation sites excluding steroid dienone is 1. The number of aromatic nitrogens is 3. The highest BCUT2D eigenvalue weighted by Gasteiger charge is 2.06. The summed E-state index contributed by atoms with van der Waals surface area (Å²) in [6.45, 7) is 0. The Kier molecular flexibility index (Phi) is 3.88. The summed E-state index contributed by atoms with van der Waals surface area (Å²) in [6.07, 6.45) is 6.86. The molecule has 0 atom stereocenters. The molecule has 1 aromatic carbocycles. The van der Waals surface area contributed by atoms with Gasteiger partial charge in [-0.1, -0.05) is 30.3 Å². The van der Waals surface area contributed by atoms with E-state index in [0.29, 0.717) is 10.6 Å². The lowest BCUT2D eigenvalue weighted by Gasteiger charge is -1.99. The van der Waals surface area contributed by atoms with Crippen LogP contribution in [-0.2, 0) is 0 Å². The van der Waals surface area contributed by atoms with Gasteiger partial charge < -0.3 is 4.42 Å². The van der Waals surface area contributed by atoms with Crippen LogP contribution in [-0.4, -0.2) is 21.1 Å². The van der Waals surface area contributed by atoms with Gasteiger partial charge in [0, 0.05) is 11.8 Å². The fraction of sp³-hybridized carbons (Fsp3) is 0. The first-order chi connectivity index (χ1) is 10.3. The van der Waals surface area contributed by atoms with Crippen molar-refractivity contribution in [1.82, 2.24) is 14.9 Å². The summed E-state index contributed by atoms with van der Waals surface area (Å²) in [5.41, 5.74) is 0.942. The Morgan fingerprint density at radius 2 is 2.05 bits per heavy atom. The third kappa shape index (κ3) is 3.06. The lowest BCUT2D eigenvalue weighted by Crippen LogP contribution is -1.93. The number of nitrogens with zero attached hydrogens (tertiary/aromatic N) is 3. The molecule has 0 unspecified atom stereocenters. The van der Waals surface area contributed by atoms with E-state index in [2.05, 4.69) is 15.3 Å². The van der Waals surface area contributed by atoms with Gasteiger partial charge in [0.25, 0.3) is 0 Å². The molecule has 0 radical (unpaired) electrons. The Hall–Kier alpha value is -2.73. The maximum atomic E-state index is 5.19. The van der Waals surface area contributed by atoms with Crippen molar-refractivity contribution in [1.29, 1.82) is 0 Å². The fourth-order valence-corrected chi connectivity index (χ4v) is 1.98. The summed E-state index contributed by atoms with van der Waals surface area (Å²) in [5.74, 6) is 1.43. The van der Waals surface area contributed by atoms with Gasteiger partial charge in [-0.15, -0.1) is 0 Å². The molecule has 0 aliphatic heterocycles. The minimum absolute atomic E-state index is 0.441. The number of hydrogen-bond acceptors (Lipinski definition) is 4. The Morgan fingerprint density at radius 1 is 1.19 bits per heavy atom. The molecule has 104 valence electrons. The molecular weight excluding hydrogens is 284 g/mol. The smallest absolute Gasteiger partial charge is 0.216 e. The van der Waals surface area contributed by atoms with Crippen molar-refractivity contribution in [3.8, 4) is 11.4 Å². The highest BCUT2D eigenvalue weighted by atomic mass is 32.1. The van der Waals surface area contributed by atoms with Crippen molar-refractivity contribution >= 4 is 24.5 Å².